The van der Waals surface area contributed by atoms with E-state index in [2.05, 4.69) is 19.2 Å². The summed E-state index contributed by atoms with van der Waals surface area (Å²) in [4.78, 5) is 0. The van der Waals surface area contributed by atoms with E-state index in [4.69, 9.17) is 4.74 Å². The summed E-state index contributed by atoms with van der Waals surface area (Å²) >= 11 is 0. The summed E-state index contributed by atoms with van der Waals surface area (Å²) in [6.07, 6.45) is 11.9. The first-order valence-corrected chi connectivity index (χ1v) is 8.99. The van der Waals surface area contributed by atoms with Gasteiger partial charge in [0.05, 0.1) is 6.10 Å². The Morgan fingerprint density at radius 3 is 2.70 bits per heavy atom. The lowest BCUT2D eigenvalue weighted by atomic mass is 9.78. The monoisotopic (exact) mass is 279 g/mol. The van der Waals surface area contributed by atoms with Crippen LogP contribution < -0.4 is 5.32 Å². The molecule has 0 aromatic heterocycles. The van der Waals surface area contributed by atoms with Crippen LogP contribution in [0.25, 0.3) is 0 Å². The van der Waals surface area contributed by atoms with Gasteiger partial charge in [0.25, 0.3) is 0 Å². The maximum atomic E-state index is 5.78. The molecule has 3 fully saturated rings. The Hall–Kier alpha value is -0.0800. The van der Waals surface area contributed by atoms with E-state index < -0.39 is 0 Å². The van der Waals surface area contributed by atoms with Gasteiger partial charge in [0, 0.05) is 13.2 Å². The number of hydrogen-bond donors (Lipinski definition) is 1. The molecule has 3 rings (SSSR count). The second kappa shape index (κ2) is 6.36. The molecule has 1 N–H and O–H groups in total. The van der Waals surface area contributed by atoms with Gasteiger partial charge in [0.1, 0.15) is 0 Å². The first-order chi connectivity index (χ1) is 9.67. The molecule has 0 spiro atoms. The van der Waals surface area contributed by atoms with Crippen LogP contribution in [0.3, 0.4) is 0 Å². The standard InChI is InChI=1S/C18H33NO/c1-14(2)12-19-13-18(10-15-9-16(15)11-18)7-3-5-17-6-4-8-20-17/h14-17,19H,3-13H2,1-2H3. The van der Waals surface area contributed by atoms with E-state index in [1.807, 2.05) is 0 Å². The summed E-state index contributed by atoms with van der Waals surface area (Å²) in [7, 11) is 0. The van der Waals surface area contributed by atoms with Gasteiger partial charge in [0.2, 0.25) is 0 Å². The Kier molecular flexibility index (Phi) is 4.72. The van der Waals surface area contributed by atoms with Gasteiger partial charge in [-0.2, -0.15) is 0 Å². The van der Waals surface area contributed by atoms with Crippen LogP contribution in [0.5, 0.6) is 0 Å². The van der Waals surface area contributed by atoms with Gasteiger partial charge in [0.15, 0.2) is 0 Å². The number of hydrogen-bond acceptors (Lipinski definition) is 2. The van der Waals surface area contributed by atoms with Crippen LogP contribution in [-0.4, -0.2) is 25.8 Å². The van der Waals surface area contributed by atoms with Crippen molar-refractivity contribution in [2.24, 2.45) is 23.2 Å². The van der Waals surface area contributed by atoms with Crippen LogP contribution in [0.4, 0.5) is 0 Å². The van der Waals surface area contributed by atoms with Gasteiger partial charge in [-0.3, -0.25) is 0 Å². The molecule has 0 bridgehead atoms. The molecular formula is C18H33NO. The van der Waals surface area contributed by atoms with E-state index in [9.17, 15) is 0 Å². The topological polar surface area (TPSA) is 21.3 Å². The Morgan fingerprint density at radius 2 is 2.05 bits per heavy atom. The molecule has 2 heteroatoms. The number of fused-ring (bicyclic) bond motifs is 1. The fourth-order valence-corrected chi connectivity index (χ4v) is 4.65. The maximum absolute atomic E-state index is 5.78. The highest BCUT2D eigenvalue weighted by molar-refractivity contribution is 5.04. The first-order valence-electron chi connectivity index (χ1n) is 8.99. The minimum Gasteiger partial charge on any atom is -0.378 e. The normalized spacial score (nSPS) is 39.5. The summed E-state index contributed by atoms with van der Waals surface area (Å²) in [5.41, 5.74) is 0.640. The molecular weight excluding hydrogens is 246 g/mol. The molecule has 1 heterocycles. The number of rotatable bonds is 8. The zero-order valence-corrected chi connectivity index (χ0v) is 13.5. The third-order valence-corrected chi connectivity index (χ3v) is 5.77. The zero-order valence-electron chi connectivity index (χ0n) is 13.5. The molecule has 1 saturated heterocycles. The van der Waals surface area contributed by atoms with E-state index in [0.717, 1.165) is 24.4 Å². The van der Waals surface area contributed by atoms with Crippen LogP contribution in [-0.2, 0) is 4.74 Å². The molecule has 116 valence electrons. The third-order valence-electron chi connectivity index (χ3n) is 5.77. The van der Waals surface area contributed by atoms with E-state index in [1.54, 1.807) is 0 Å². The second-order valence-electron chi connectivity index (χ2n) is 8.22. The van der Waals surface area contributed by atoms with E-state index in [0.29, 0.717) is 11.5 Å². The molecule has 3 aliphatic rings. The van der Waals surface area contributed by atoms with Gasteiger partial charge in [-0.15, -0.1) is 0 Å². The predicted octanol–water partition coefficient (Wildman–Crippen LogP) is 4.00. The average Bonchev–Trinajstić information content (AvgIpc) is 2.82. The van der Waals surface area contributed by atoms with E-state index in [-0.39, 0.29) is 0 Å². The van der Waals surface area contributed by atoms with Crippen LogP contribution in [0.2, 0.25) is 0 Å². The maximum Gasteiger partial charge on any atom is 0.0576 e. The van der Waals surface area contributed by atoms with Crippen LogP contribution in [0.15, 0.2) is 0 Å². The average molecular weight is 279 g/mol. The first kappa shape index (κ1) is 14.8. The smallest absolute Gasteiger partial charge is 0.0576 e. The highest BCUT2D eigenvalue weighted by Gasteiger charge is 2.52. The zero-order chi connectivity index (χ0) is 14.0. The van der Waals surface area contributed by atoms with Crippen molar-refractivity contribution in [3.05, 3.63) is 0 Å². The molecule has 0 aromatic carbocycles. The van der Waals surface area contributed by atoms with Crippen LogP contribution >= 0.6 is 0 Å². The van der Waals surface area contributed by atoms with Gasteiger partial charge in [-0.05, 0) is 74.7 Å². The lowest BCUT2D eigenvalue weighted by Gasteiger charge is -2.32. The molecule has 0 aromatic rings. The molecule has 2 saturated carbocycles. The van der Waals surface area contributed by atoms with Crippen LogP contribution in [0.1, 0.15) is 65.2 Å². The summed E-state index contributed by atoms with van der Waals surface area (Å²) in [5.74, 6) is 2.96. The molecule has 3 unspecified atom stereocenters. The lowest BCUT2D eigenvalue weighted by molar-refractivity contribution is 0.0962. The Labute approximate surface area is 125 Å². The molecule has 0 radical (unpaired) electrons. The van der Waals surface area contributed by atoms with Gasteiger partial charge in [-0.25, -0.2) is 0 Å². The summed E-state index contributed by atoms with van der Waals surface area (Å²) in [6.45, 7) is 8.08. The Morgan fingerprint density at radius 1 is 1.25 bits per heavy atom. The van der Waals surface area contributed by atoms with E-state index >= 15 is 0 Å². The lowest BCUT2D eigenvalue weighted by Crippen LogP contribution is -2.35. The van der Waals surface area contributed by atoms with E-state index in [1.165, 1.54) is 64.5 Å². The Balaban J connectivity index is 1.42. The summed E-state index contributed by atoms with van der Waals surface area (Å²) < 4.78 is 5.78. The number of nitrogens with one attached hydrogen (secondary N) is 1. The highest BCUT2D eigenvalue weighted by Crippen LogP contribution is 2.61. The Bertz CT molecular complexity index is 299. The molecule has 0 amide bonds. The fraction of sp³-hybridized carbons (Fsp3) is 1.00. The SMILES string of the molecule is CC(C)CNCC1(CCCC2CCCO2)CC2CC2C1. The van der Waals surface area contributed by atoms with Gasteiger partial charge >= 0.3 is 0 Å². The van der Waals surface area contributed by atoms with Crippen molar-refractivity contribution < 1.29 is 4.74 Å². The molecule has 2 aliphatic carbocycles. The predicted molar refractivity (Wildman–Crippen MR) is 83.8 cm³/mol. The second-order valence-corrected chi connectivity index (χ2v) is 8.22. The fourth-order valence-electron chi connectivity index (χ4n) is 4.65. The minimum absolute atomic E-state index is 0.589. The third kappa shape index (κ3) is 3.76. The van der Waals surface area contributed by atoms with Crippen molar-refractivity contribution >= 4 is 0 Å². The van der Waals surface area contributed by atoms with Gasteiger partial charge < -0.3 is 10.1 Å². The van der Waals surface area contributed by atoms with Crippen molar-refractivity contribution in [2.75, 3.05) is 19.7 Å². The van der Waals surface area contributed by atoms with Crippen molar-refractivity contribution in [1.82, 2.24) is 5.32 Å². The molecule has 20 heavy (non-hydrogen) atoms. The largest absolute Gasteiger partial charge is 0.378 e. The highest BCUT2D eigenvalue weighted by atomic mass is 16.5. The summed E-state index contributed by atoms with van der Waals surface area (Å²) in [5, 5.41) is 3.76. The van der Waals surface area contributed by atoms with Gasteiger partial charge in [-0.1, -0.05) is 20.3 Å². The number of ether oxygens (including phenoxy) is 1. The van der Waals surface area contributed by atoms with Crippen LogP contribution in [0, 0.1) is 23.2 Å². The minimum atomic E-state index is 0.589. The van der Waals surface area contributed by atoms with Crippen molar-refractivity contribution in [1.29, 1.82) is 0 Å². The molecule has 1 aliphatic heterocycles. The van der Waals surface area contributed by atoms with Crippen molar-refractivity contribution in [3.8, 4) is 0 Å². The van der Waals surface area contributed by atoms with Crippen molar-refractivity contribution in [3.63, 3.8) is 0 Å². The molecule has 2 nitrogen and oxygen atoms in total. The quantitative estimate of drug-likeness (QED) is 0.725. The van der Waals surface area contributed by atoms with Crippen molar-refractivity contribution in [2.45, 2.75) is 71.3 Å². The molecule has 3 atom stereocenters. The summed E-state index contributed by atoms with van der Waals surface area (Å²) in [6, 6.07) is 0.